The lowest BCUT2D eigenvalue weighted by Crippen LogP contribution is -2.14. The van der Waals surface area contributed by atoms with Crippen LogP contribution in [0.5, 0.6) is 0 Å². The van der Waals surface area contributed by atoms with Crippen molar-refractivity contribution < 1.29 is 33.4 Å². The van der Waals surface area contributed by atoms with Crippen molar-refractivity contribution in [2.75, 3.05) is 5.32 Å². The molecule has 118 valence electrons. The van der Waals surface area contributed by atoms with Crippen molar-refractivity contribution in [3.63, 3.8) is 0 Å². The molecule has 1 amide bonds. The van der Waals surface area contributed by atoms with E-state index in [-0.39, 0.29) is 22.7 Å². The van der Waals surface area contributed by atoms with E-state index in [0.29, 0.717) is 10.4 Å². The number of rotatable bonds is 3. The minimum atomic E-state index is -1.46. The van der Waals surface area contributed by atoms with Gasteiger partial charge in [0, 0.05) is 6.07 Å². The number of amides is 1. The maximum atomic E-state index is 12.0. The SMILES string of the molecule is Cc1ccc(C(=O)Nc2nn(C(=O)O)c3cc(C(=O)O)oc23)o1. The lowest BCUT2D eigenvalue weighted by atomic mass is 10.4. The Kier molecular flexibility index (Phi) is 3.14. The van der Waals surface area contributed by atoms with Gasteiger partial charge in [-0.3, -0.25) is 10.1 Å². The molecule has 0 saturated heterocycles. The van der Waals surface area contributed by atoms with Crippen molar-refractivity contribution >= 4 is 34.9 Å². The third kappa shape index (κ3) is 2.41. The van der Waals surface area contributed by atoms with Crippen LogP contribution < -0.4 is 5.32 Å². The number of hydrogen-bond acceptors (Lipinski definition) is 6. The zero-order valence-electron chi connectivity index (χ0n) is 11.6. The lowest BCUT2D eigenvalue weighted by molar-refractivity contribution is 0.0665. The second kappa shape index (κ2) is 5.02. The van der Waals surface area contributed by atoms with Gasteiger partial charge >= 0.3 is 12.1 Å². The van der Waals surface area contributed by atoms with Crippen LogP contribution in [0.15, 0.2) is 27.0 Å². The smallest absolute Gasteiger partial charge is 0.432 e. The fourth-order valence-corrected chi connectivity index (χ4v) is 1.97. The predicted octanol–water partition coefficient (Wildman–Crippen LogP) is 2.01. The largest absolute Gasteiger partial charge is 0.475 e. The fraction of sp³-hybridized carbons (Fsp3) is 0.0769. The van der Waals surface area contributed by atoms with E-state index in [2.05, 4.69) is 10.4 Å². The number of carbonyl (C=O) groups excluding carboxylic acids is 1. The summed E-state index contributed by atoms with van der Waals surface area (Å²) in [5.74, 6) is -2.25. The molecule has 0 aromatic carbocycles. The predicted molar refractivity (Wildman–Crippen MR) is 73.8 cm³/mol. The molecule has 0 fully saturated rings. The second-order valence-corrected chi connectivity index (χ2v) is 4.54. The van der Waals surface area contributed by atoms with E-state index in [1.807, 2.05) is 0 Å². The second-order valence-electron chi connectivity index (χ2n) is 4.54. The molecule has 10 nitrogen and oxygen atoms in total. The molecular formula is C13H9N3O7. The summed E-state index contributed by atoms with van der Waals surface area (Å²) in [6.07, 6.45) is -1.46. The van der Waals surface area contributed by atoms with Crippen LogP contribution in [-0.4, -0.2) is 38.0 Å². The molecule has 3 aromatic heterocycles. The van der Waals surface area contributed by atoms with Crippen LogP contribution in [0.4, 0.5) is 10.6 Å². The molecule has 0 spiro atoms. The summed E-state index contributed by atoms with van der Waals surface area (Å²) in [6.45, 7) is 1.65. The highest BCUT2D eigenvalue weighted by molar-refractivity contribution is 6.07. The van der Waals surface area contributed by atoms with Crippen LogP contribution in [0, 0.1) is 6.92 Å². The van der Waals surface area contributed by atoms with Gasteiger partial charge in [0.05, 0.1) is 0 Å². The molecule has 3 heterocycles. The molecule has 23 heavy (non-hydrogen) atoms. The number of aryl methyl sites for hydroxylation is 1. The highest BCUT2D eigenvalue weighted by atomic mass is 16.4. The fourth-order valence-electron chi connectivity index (χ4n) is 1.97. The van der Waals surface area contributed by atoms with Crippen molar-refractivity contribution in [2.24, 2.45) is 0 Å². The van der Waals surface area contributed by atoms with E-state index < -0.39 is 23.7 Å². The number of fused-ring (bicyclic) bond motifs is 1. The van der Waals surface area contributed by atoms with Crippen LogP contribution in [0.25, 0.3) is 11.1 Å². The first-order chi connectivity index (χ1) is 10.9. The van der Waals surface area contributed by atoms with Crippen LogP contribution >= 0.6 is 0 Å². The molecule has 3 N–H and O–H groups in total. The number of aromatic carboxylic acids is 1. The molecule has 3 aromatic rings. The number of aromatic nitrogens is 2. The number of hydrogen-bond donors (Lipinski definition) is 3. The van der Waals surface area contributed by atoms with Gasteiger partial charge in [-0.25, -0.2) is 9.59 Å². The van der Waals surface area contributed by atoms with Gasteiger partial charge in [0.25, 0.3) is 5.91 Å². The Balaban J connectivity index is 2.04. The van der Waals surface area contributed by atoms with Crippen molar-refractivity contribution in [3.05, 3.63) is 35.5 Å². The number of nitrogens with one attached hydrogen (secondary N) is 1. The molecule has 3 rings (SSSR count). The van der Waals surface area contributed by atoms with Gasteiger partial charge < -0.3 is 19.0 Å². The molecular weight excluding hydrogens is 310 g/mol. The van der Waals surface area contributed by atoms with Crippen molar-refractivity contribution in [3.8, 4) is 0 Å². The highest BCUT2D eigenvalue weighted by Gasteiger charge is 2.24. The van der Waals surface area contributed by atoms with Crippen molar-refractivity contribution in [1.29, 1.82) is 0 Å². The van der Waals surface area contributed by atoms with Gasteiger partial charge in [-0.05, 0) is 19.1 Å². The van der Waals surface area contributed by atoms with Crippen LogP contribution in [0.2, 0.25) is 0 Å². The molecule has 0 bridgehead atoms. The quantitative estimate of drug-likeness (QED) is 0.663. The van der Waals surface area contributed by atoms with Crippen molar-refractivity contribution in [2.45, 2.75) is 6.92 Å². The first kappa shape index (κ1) is 14.4. The Morgan fingerprint density at radius 1 is 1.17 bits per heavy atom. The number of carboxylic acids is 1. The minimum absolute atomic E-state index is 0.00876. The van der Waals surface area contributed by atoms with Gasteiger partial charge in [0.1, 0.15) is 11.3 Å². The first-order valence-corrected chi connectivity index (χ1v) is 6.23. The van der Waals surface area contributed by atoms with E-state index in [9.17, 15) is 14.4 Å². The molecule has 0 unspecified atom stereocenters. The van der Waals surface area contributed by atoms with E-state index in [1.54, 1.807) is 13.0 Å². The Morgan fingerprint density at radius 3 is 2.48 bits per heavy atom. The molecule has 0 aliphatic carbocycles. The molecule has 0 aliphatic rings. The number of carbonyl (C=O) groups is 3. The summed E-state index contributed by atoms with van der Waals surface area (Å²) in [6, 6.07) is 4.02. The molecule has 0 atom stereocenters. The Hall–Kier alpha value is -3.56. The summed E-state index contributed by atoms with van der Waals surface area (Å²) in [5.41, 5.74) is -0.262. The van der Waals surface area contributed by atoms with Gasteiger partial charge in [-0.2, -0.15) is 4.68 Å². The van der Waals surface area contributed by atoms with Gasteiger partial charge in [0.2, 0.25) is 5.76 Å². The monoisotopic (exact) mass is 319 g/mol. The summed E-state index contributed by atoms with van der Waals surface area (Å²) < 4.78 is 10.7. The molecule has 0 radical (unpaired) electrons. The highest BCUT2D eigenvalue weighted by Crippen LogP contribution is 2.27. The zero-order chi connectivity index (χ0) is 16.7. The molecule has 10 heteroatoms. The standard InChI is InChI=1S/C13H9N3O7/c1-5-2-3-7(22-5)11(17)14-10-9-6(16(15-10)13(20)21)4-8(23-9)12(18)19/h2-4H,1H3,(H,18,19)(H,20,21)(H,14,15,17). The van der Waals surface area contributed by atoms with Gasteiger partial charge in [-0.1, -0.05) is 0 Å². The Bertz CT molecular complexity index is 946. The van der Waals surface area contributed by atoms with Gasteiger partial charge in [-0.15, -0.1) is 5.10 Å². The normalized spacial score (nSPS) is 10.8. The Labute approximate surface area is 126 Å². The first-order valence-electron chi connectivity index (χ1n) is 6.23. The summed E-state index contributed by atoms with van der Waals surface area (Å²) in [4.78, 5) is 34.1. The minimum Gasteiger partial charge on any atom is -0.475 e. The third-order valence-corrected chi connectivity index (χ3v) is 2.94. The van der Waals surface area contributed by atoms with Crippen LogP contribution in [0.3, 0.4) is 0 Å². The van der Waals surface area contributed by atoms with Crippen molar-refractivity contribution in [1.82, 2.24) is 9.78 Å². The van der Waals surface area contributed by atoms with Crippen LogP contribution in [-0.2, 0) is 0 Å². The maximum absolute atomic E-state index is 12.0. The van der Waals surface area contributed by atoms with E-state index >= 15 is 0 Å². The van der Waals surface area contributed by atoms with E-state index in [0.717, 1.165) is 6.07 Å². The zero-order valence-corrected chi connectivity index (χ0v) is 11.6. The average molecular weight is 319 g/mol. The topological polar surface area (TPSA) is 148 Å². The number of furan rings is 2. The lowest BCUT2D eigenvalue weighted by Gasteiger charge is -1.98. The number of nitrogens with zero attached hydrogens (tertiary/aromatic N) is 2. The van der Waals surface area contributed by atoms with E-state index in [1.165, 1.54) is 6.07 Å². The van der Waals surface area contributed by atoms with Crippen LogP contribution in [0.1, 0.15) is 26.9 Å². The average Bonchev–Trinajstić information content (AvgIpc) is 3.14. The molecule has 0 saturated carbocycles. The summed E-state index contributed by atoms with van der Waals surface area (Å²) in [7, 11) is 0. The summed E-state index contributed by atoms with van der Waals surface area (Å²) in [5, 5.41) is 24.0. The third-order valence-electron chi connectivity index (χ3n) is 2.94. The van der Waals surface area contributed by atoms with Gasteiger partial charge in [0.15, 0.2) is 17.2 Å². The number of anilines is 1. The number of carboxylic acid groups (broad SMARTS) is 2. The molecule has 0 aliphatic heterocycles. The maximum Gasteiger partial charge on any atom is 0.432 e. The van der Waals surface area contributed by atoms with E-state index in [4.69, 9.17) is 19.0 Å². The summed E-state index contributed by atoms with van der Waals surface area (Å²) >= 11 is 0. The Morgan fingerprint density at radius 2 is 1.91 bits per heavy atom.